The molecule has 8 nitrogen and oxygen atoms in total. The number of nitrogens with zero attached hydrogens (tertiary/aromatic N) is 5. The second-order valence-electron chi connectivity index (χ2n) is 4.28. The van der Waals surface area contributed by atoms with Gasteiger partial charge in [0.05, 0.1) is 11.3 Å². The number of benzene rings is 1. The highest BCUT2D eigenvalue weighted by Gasteiger charge is 2.15. The van der Waals surface area contributed by atoms with E-state index in [1.54, 1.807) is 37.3 Å². The number of aromatic nitrogens is 5. The molecule has 0 saturated heterocycles. The van der Waals surface area contributed by atoms with E-state index < -0.39 is 5.97 Å². The van der Waals surface area contributed by atoms with Gasteiger partial charge in [0.2, 0.25) is 0 Å². The van der Waals surface area contributed by atoms with Crippen LogP contribution >= 0.6 is 0 Å². The molecule has 21 heavy (non-hydrogen) atoms. The molecule has 3 aromatic rings. The molecule has 0 unspecified atom stereocenters. The molecule has 106 valence electrons. The van der Waals surface area contributed by atoms with Crippen LogP contribution in [-0.2, 0) is 11.3 Å². The van der Waals surface area contributed by atoms with Gasteiger partial charge in [-0.3, -0.25) is 0 Å². The van der Waals surface area contributed by atoms with Crippen molar-refractivity contribution in [1.82, 2.24) is 25.4 Å². The molecular weight excluding hydrogens is 274 g/mol. The van der Waals surface area contributed by atoms with Crippen molar-refractivity contribution in [2.24, 2.45) is 0 Å². The SMILES string of the molecule is Cc1cc(COC(=O)c2ccccc2-n2cnnn2)no1. The summed E-state index contributed by atoms with van der Waals surface area (Å²) in [5.74, 6) is 0.178. The molecule has 0 atom stereocenters. The van der Waals surface area contributed by atoms with Crippen LogP contribution in [0.3, 0.4) is 0 Å². The van der Waals surface area contributed by atoms with Crippen LogP contribution in [0.25, 0.3) is 5.69 Å². The van der Waals surface area contributed by atoms with Gasteiger partial charge >= 0.3 is 5.97 Å². The zero-order valence-corrected chi connectivity index (χ0v) is 11.1. The van der Waals surface area contributed by atoms with Gasteiger partial charge in [-0.15, -0.1) is 5.10 Å². The summed E-state index contributed by atoms with van der Waals surface area (Å²) in [5, 5.41) is 14.6. The van der Waals surface area contributed by atoms with Crippen LogP contribution in [0.4, 0.5) is 0 Å². The van der Waals surface area contributed by atoms with Crippen molar-refractivity contribution in [3.8, 4) is 5.69 Å². The predicted octanol–water partition coefficient (Wildman–Crippen LogP) is 1.32. The molecule has 0 spiro atoms. The van der Waals surface area contributed by atoms with Crippen molar-refractivity contribution in [3.05, 3.63) is 53.7 Å². The van der Waals surface area contributed by atoms with Crippen LogP contribution in [0, 0.1) is 6.92 Å². The molecule has 2 aromatic heterocycles. The van der Waals surface area contributed by atoms with Crippen LogP contribution < -0.4 is 0 Å². The Labute approximate surface area is 119 Å². The van der Waals surface area contributed by atoms with Gasteiger partial charge in [-0.2, -0.15) is 4.68 Å². The summed E-state index contributed by atoms with van der Waals surface area (Å²) >= 11 is 0. The Hall–Kier alpha value is -3.03. The zero-order valence-electron chi connectivity index (χ0n) is 11.1. The lowest BCUT2D eigenvalue weighted by Crippen LogP contribution is -2.10. The summed E-state index contributed by atoms with van der Waals surface area (Å²) in [6.07, 6.45) is 1.41. The minimum Gasteiger partial charge on any atom is -0.455 e. The largest absolute Gasteiger partial charge is 0.455 e. The Bertz CT molecular complexity index is 751. The summed E-state index contributed by atoms with van der Waals surface area (Å²) in [4.78, 5) is 12.2. The summed E-state index contributed by atoms with van der Waals surface area (Å²) in [5.41, 5.74) is 1.47. The highest BCUT2D eigenvalue weighted by atomic mass is 16.5. The lowest BCUT2D eigenvalue weighted by molar-refractivity contribution is 0.0464. The van der Waals surface area contributed by atoms with E-state index in [4.69, 9.17) is 9.26 Å². The Kier molecular flexibility index (Phi) is 3.42. The smallest absolute Gasteiger partial charge is 0.340 e. The van der Waals surface area contributed by atoms with E-state index >= 15 is 0 Å². The number of para-hydroxylation sites is 1. The lowest BCUT2D eigenvalue weighted by Gasteiger charge is -2.07. The van der Waals surface area contributed by atoms with Crippen molar-refractivity contribution in [2.45, 2.75) is 13.5 Å². The Balaban J connectivity index is 1.79. The fraction of sp³-hybridized carbons (Fsp3) is 0.154. The second kappa shape index (κ2) is 5.53. The fourth-order valence-electron chi connectivity index (χ4n) is 1.82. The highest BCUT2D eigenvalue weighted by molar-refractivity contribution is 5.93. The molecule has 3 rings (SSSR count). The second-order valence-corrected chi connectivity index (χ2v) is 4.28. The van der Waals surface area contributed by atoms with Gasteiger partial charge < -0.3 is 9.26 Å². The van der Waals surface area contributed by atoms with E-state index in [1.165, 1.54) is 11.0 Å². The van der Waals surface area contributed by atoms with Gasteiger partial charge in [0.15, 0.2) is 0 Å². The summed E-state index contributed by atoms with van der Waals surface area (Å²) < 4.78 is 11.5. The molecule has 8 heteroatoms. The molecule has 0 bridgehead atoms. The average molecular weight is 285 g/mol. The number of hydrogen-bond acceptors (Lipinski definition) is 7. The zero-order chi connectivity index (χ0) is 14.7. The Morgan fingerprint density at radius 1 is 1.38 bits per heavy atom. The number of carbonyl (C=O) groups excluding carboxylic acids is 1. The topological polar surface area (TPSA) is 95.9 Å². The van der Waals surface area contributed by atoms with E-state index in [0.717, 1.165) is 0 Å². The molecular formula is C13H11N5O3. The monoisotopic (exact) mass is 285 g/mol. The quantitative estimate of drug-likeness (QED) is 0.667. The molecule has 0 saturated carbocycles. The molecule has 1 aromatic carbocycles. The number of carbonyl (C=O) groups is 1. The number of ether oxygens (including phenoxy) is 1. The first-order valence-corrected chi connectivity index (χ1v) is 6.16. The molecule has 0 aliphatic rings. The van der Waals surface area contributed by atoms with E-state index in [9.17, 15) is 4.79 Å². The molecule has 0 aliphatic carbocycles. The first kappa shape index (κ1) is 13.0. The minimum absolute atomic E-state index is 0.0418. The van der Waals surface area contributed by atoms with Crippen molar-refractivity contribution in [1.29, 1.82) is 0 Å². The third-order valence-corrected chi connectivity index (χ3v) is 2.75. The molecule has 0 aliphatic heterocycles. The van der Waals surface area contributed by atoms with Gasteiger partial charge in [-0.1, -0.05) is 17.3 Å². The maximum Gasteiger partial charge on any atom is 0.340 e. The Morgan fingerprint density at radius 3 is 2.95 bits per heavy atom. The van der Waals surface area contributed by atoms with Crippen LogP contribution in [0.15, 0.2) is 41.2 Å². The number of tetrazole rings is 1. The minimum atomic E-state index is -0.484. The average Bonchev–Trinajstić information content (AvgIpc) is 3.16. The van der Waals surface area contributed by atoms with Crippen molar-refractivity contribution < 1.29 is 14.1 Å². The molecule has 0 amide bonds. The third-order valence-electron chi connectivity index (χ3n) is 2.75. The fourth-order valence-corrected chi connectivity index (χ4v) is 1.82. The summed E-state index contributed by atoms with van der Waals surface area (Å²) in [6, 6.07) is 8.61. The Morgan fingerprint density at radius 2 is 2.24 bits per heavy atom. The van der Waals surface area contributed by atoms with E-state index in [0.29, 0.717) is 22.7 Å². The maximum absolute atomic E-state index is 12.2. The van der Waals surface area contributed by atoms with Gasteiger partial charge in [-0.25, -0.2) is 4.79 Å². The number of rotatable bonds is 4. The van der Waals surface area contributed by atoms with Gasteiger partial charge in [0.25, 0.3) is 0 Å². The van der Waals surface area contributed by atoms with Gasteiger partial charge in [0.1, 0.15) is 24.4 Å². The van der Waals surface area contributed by atoms with Gasteiger partial charge in [0, 0.05) is 6.07 Å². The first-order chi connectivity index (χ1) is 10.2. The van der Waals surface area contributed by atoms with E-state index in [-0.39, 0.29) is 6.61 Å². The predicted molar refractivity (Wildman–Crippen MR) is 69.5 cm³/mol. The van der Waals surface area contributed by atoms with Crippen molar-refractivity contribution in [2.75, 3.05) is 0 Å². The van der Waals surface area contributed by atoms with Crippen LogP contribution in [0.2, 0.25) is 0 Å². The molecule has 0 N–H and O–H groups in total. The van der Waals surface area contributed by atoms with Gasteiger partial charge in [-0.05, 0) is 29.5 Å². The number of hydrogen-bond donors (Lipinski definition) is 0. The van der Waals surface area contributed by atoms with Crippen LogP contribution in [-0.4, -0.2) is 31.3 Å². The molecule has 0 fully saturated rings. The summed E-state index contributed by atoms with van der Waals surface area (Å²) in [7, 11) is 0. The first-order valence-electron chi connectivity index (χ1n) is 6.16. The lowest BCUT2D eigenvalue weighted by atomic mass is 10.2. The normalized spacial score (nSPS) is 10.5. The maximum atomic E-state index is 12.2. The van der Waals surface area contributed by atoms with Crippen molar-refractivity contribution >= 4 is 5.97 Å². The standard InChI is InChI=1S/C13H11N5O3/c1-9-6-10(15-21-9)7-20-13(19)11-4-2-3-5-12(11)18-8-14-16-17-18/h2-6,8H,7H2,1H3. The van der Waals surface area contributed by atoms with Crippen LogP contribution in [0.1, 0.15) is 21.8 Å². The third kappa shape index (κ3) is 2.78. The highest BCUT2D eigenvalue weighted by Crippen LogP contribution is 2.15. The van der Waals surface area contributed by atoms with E-state index in [1.807, 2.05) is 0 Å². The van der Waals surface area contributed by atoms with Crippen LogP contribution in [0.5, 0.6) is 0 Å². The molecule has 2 heterocycles. The van der Waals surface area contributed by atoms with Crippen molar-refractivity contribution in [3.63, 3.8) is 0 Å². The number of aryl methyl sites for hydroxylation is 1. The van der Waals surface area contributed by atoms with E-state index in [2.05, 4.69) is 20.7 Å². The molecule has 0 radical (unpaired) electrons. The summed E-state index contributed by atoms with van der Waals surface area (Å²) in [6.45, 7) is 1.81. The number of esters is 1.